The summed E-state index contributed by atoms with van der Waals surface area (Å²) in [6.07, 6.45) is 0.512. The molecule has 9 heteroatoms. The molecule has 0 radical (unpaired) electrons. The number of hydrogen-bond acceptors (Lipinski definition) is 4. The molecule has 0 atom stereocenters. The van der Waals surface area contributed by atoms with E-state index >= 15 is 0 Å². The first-order chi connectivity index (χ1) is 19.0. The second kappa shape index (κ2) is 14.1. The maximum absolute atomic E-state index is 13.2. The van der Waals surface area contributed by atoms with E-state index in [9.17, 15) is 9.59 Å². The molecule has 0 aliphatic heterocycles. The molecule has 0 saturated heterocycles. The molecule has 200 valence electrons. The van der Waals surface area contributed by atoms with Gasteiger partial charge in [0.25, 0.3) is 5.91 Å². The first-order valence-corrected chi connectivity index (χ1v) is 13.0. The molecule has 0 aliphatic rings. The highest BCUT2D eigenvalue weighted by Crippen LogP contribution is 2.25. The Hall–Kier alpha value is -4.20. The molecule has 39 heavy (non-hydrogen) atoms. The predicted molar refractivity (Wildman–Crippen MR) is 155 cm³/mol. The fourth-order valence-electron chi connectivity index (χ4n) is 3.62. The number of hydrogen-bond donors (Lipinski definition) is 2. The topological polar surface area (TPSA) is 79.9 Å². The molecule has 0 heterocycles. The monoisotopic (exact) mass is 563 g/mol. The van der Waals surface area contributed by atoms with Crippen LogP contribution in [-0.2, 0) is 4.79 Å². The number of rotatable bonds is 11. The van der Waals surface area contributed by atoms with Crippen LogP contribution in [0.3, 0.4) is 0 Å². The van der Waals surface area contributed by atoms with Crippen molar-refractivity contribution >= 4 is 46.5 Å². The molecule has 0 aliphatic carbocycles. The van der Waals surface area contributed by atoms with Gasteiger partial charge in [-0.3, -0.25) is 9.69 Å². The van der Waals surface area contributed by atoms with E-state index in [1.54, 1.807) is 65.6 Å². The molecule has 3 amide bonds. The van der Waals surface area contributed by atoms with Crippen molar-refractivity contribution in [3.8, 4) is 17.2 Å². The van der Waals surface area contributed by atoms with Gasteiger partial charge in [0.2, 0.25) is 0 Å². The van der Waals surface area contributed by atoms with Gasteiger partial charge in [-0.1, -0.05) is 47.5 Å². The van der Waals surface area contributed by atoms with Crippen molar-refractivity contribution in [1.82, 2.24) is 5.32 Å². The number of benzene rings is 4. The summed E-state index contributed by atoms with van der Waals surface area (Å²) in [5.74, 6) is 1.66. The van der Waals surface area contributed by atoms with Crippen molar-refractivity contribution in [1.29, 1.82) is 0 Å². The van der Waals surface area contributed by atoms with E-state index < -0.39 is 0 Å². The lowest BCUT2D eigenvalue weighted by molar-refractivity contribution is -0.123. The Kier molecular flexibility index (Phi) is 10.1. The van der Waals surface area contributed by atoms with Gasteiger partial charge >= 0.3 is 6.03 Å². The maximum atomic E-state index is 13.2. The highest BCUT2D eigenvalue weighted by Gasteiger charge is 2.17. The standard InChI is InChI=1S/C30H27Cl2N3O4/c31-22-10-14-26(15-11-22)38-21-29(36)33-18-5-19-35(30(37)34-24-7-4-6-23(32)20-24)25-12-16-28(17-13-25)39-27-8-2-1-3-9-27/h1-4,6-17,20H,5,18-19,21H2,(H,33,36)(H,34,37). The van der Waals surface area contributed by atoms with Gasteiger partial charge in [-0.25, -0.2) is 4.79 Å². The lowest BCUT2D eigenvalue weighted by Crippen LogP contribution is -2.38. The number of halogens is 2. The number of nitrogens with zero attached hydrogens (tertiary/aromatic N) is 1. The Labute approximate surface area is 237 Å². The van der Waals surface area contributed by atoms with Gasteiger partial charge in [-0.15, -0.1) is 0 Å². The third kappa shape index (κ3) is 8.95. The molecule has 2 N–H and O–H groups in total. The van der Waals surface area contributed by atoms with Crippen molar-refractivity contribution in [2.45, 2.75) is 6.42 Å². The third-order valence-corrected chi connectivity index (χ3v) is 6.00. The SMILES string of the molecule is O=C(COc1ccc(Cl)cc1)NCCCN(C(=O)Nc1cccc(Cl)c1)c1ccc(Oc2ccccc2)cc1. The van der Waals surface area contributed by atoms with Crippen LogP contribution in [0.25, 0.3) is 0 Å². The van der Waals surface area contributed by atoms with Crippen LogP contribution in [0, 0.1) is 0 Å². The summed E-state index contributed by atoms with van der Waals surface area (Å²) in [7, 11) is 0. The van der Waals surface area contributed by atoms with Crippen LogP contribution in [0.15, 0.2) is 103 Å². The summed E-state index contributed by atoms with van der Waals surface area (Å²) < 4.78 is 11.3. The quantitative estimate of drug-likeness (QED) is 0.186. The first kappa shape index (κ1) is 27.8. The summed E-state index contributed by atoms with van der Waals surface area (Å²) in [5.41, 5.74) is 1.25. The predicted octanol–water partition coefficient (Wildman–Crippen LogP) is 7.41. The average Bonchev–Trinajstić information content (AvgIpc) is 2.94. The zero-order valence-electron chi connectivity index (χ0n) is 21.0. The highest BCUT2D eigenvalue weighted by molar-refractivity contribution is 6.31. The Morgan fingerprint density at radius 3 is 2.15 bits per heavy atom. The molecule has 4 aromatic carbocycles. The lowest BCUT2D eigenvalue weighted by atomic mass is 10.2. The smallest absolute Gasteiger partial charge is 0.326 e. The largest absolute Gasteiger partial charge is 0.484 e. The van der Waals surface area contributed by atoms with Crippen LogP contribution in [0.5, 0.6) is 17.2 Å². The van der Waals surface area contributed by atoms with Gasteiger partial charge in [0.1, 0.15) is 17.2 Å². The number of carbonyl (C=O) groups excluding carboxylic acids is 2. The lowest BCUT2D eigenvalue weighted by Gasteiger charge is -2.24. The van der Waals surface area contributed by atoms with Crippen molar-refractivity contribution < 1.29 is 19.1 Å². The van der Waals surface area contributed by atoms with Crippen LogP contribution in [0.4, 0.5) is 16.2 Å². The van der Waals surface area contributed by atoms with Crippen LogP contribution in [0.1, 0.15) is 6.42 Å². The van der Waals surface area contributed by atoms with E-state index in [1.807, 2.05) is 42.5 Å². The van der Waals surface area contributed by atoms with E-state index in [4.69, 9.17) is 32.7 Å². The van der Waals surface area contributed by atoms with Crippen molar-refractivity contribution in [3.05, 3.63) is 113 Å². The molecule has 0 spiro atoms. The highest BCUT2D eigenvalue weighted by atomic mass is 35.5. The van der Waals surface area contributed by atoms with E-state index in [1.165, 1.54) is 0 Å². The number of nitrogens with one attached hydrogen (secondary N) is 2. The average molecular weight is 564 g/mol. The number of para-hydroxylation sites is 1. The molecular weight excluding hydrogens is 537 g/mol. The minimum atomic E-state index is -0.327. The minimum Gasteiger partial charge on any atom is -0.484 e. The van der Waals surface area contributed by atoms with E-state index in [0.717, 1.165) is 5.75 Å². The Bertz CT molecular complexity index is 1370. The Morgan fingerprint density at radius 2 is 1.44 bits per heavy atom. The van der Waals surface area contributed by atoms with Gasteiger partial charge in [-0.05, 0) is 85.3 Å². The van der Waals surface area contributed by atoms with Crippen LogP contribution in [0.2, 0.25) is 10.0 Å². The number of anilines is 2. The van der Waals surface area contributed by atoms with Crippen molar-refractivity contribution in [2.24, 2.45) is 0 Å². The number of urea groups is 1. The number of ether oxygens (including phenoxy) is 2. The molecular formula is C30H27Cl2N3O4. The number of carbonyl (C=O) groups is 2. The second-order valence-electron chi connectivity index (χ2n) is 8.45. The zero-order chi connectivity index (χ0) is 27.5. The van der Waals surface area contributed by atoms with Crippen molar-refractivity contribution in [2.75, 3.05) is 29.9 Å². The van der Waals surface area contributed by atoms with Crippen LogP contribution >= 0.6 is 23.2 Å². The second-order valence-corrected chi connectivity index (χ2v) is 9.32. The van der Waals surface area contributed by atoms with E-state index in [2.05, 4.69) is 10.6 Å². The van der Waals surface area contributed by atoms with Gasteiger partial charge in [-0.2, -0.15) is 0 Å². The summed E-state index contributed by atoms with van der Waals surface area (Å²) in [5, 5.41) is 6.81. The van der Waals surface area contributed by atoms with Crippen LogP contribution < -0.4 is 25.0 Å². The molecule has 4 aromatic rings. The number of amides is 3. The Morgan fingerprint density at radius 1 is 0.744 bits per heavy atom. The van der Waals surface area contributed by atoms with E-state index in [0.29, 0.717) is 52.4 Å². The Balaban J connectivity index is 1.35. The third-order valence-electron chi connectivity index (χ3n) is 5.51. The molecule has 0 aromatic heterocycles. The molecule has 7 nitrogen and oxygen atoms in total. The normalized spacial score (nSPS) is 10.4. The van der Waals surface area contributed by atoms with Gasteiger partial charge < -0.3 is 20.1 Å². The maximum Gasteiger partial charge on any atom is 0.326 e. The van der Waals surface area contributed by atoms with Crippen molar-refractivity contribution in [3.63, 3.8) is 0 Å². The molecule has 0 fully saturated rings. The van der Waals surface area contributed by atoms with Gasteiger partial charge in [0, 0.05) is 34.5 Å². The zero-order valence-corrected chi connectivity index (χ0v) is 22.5. The molecule has 0 saturated carbocycles. The molecule has 0 bridgehead atoms. The minimum absolute atomic E-state index is 0.122. The van der Waals surface area contributed by atoms with Crippen LogP contribution in [-0.4, -0.2) is 31.6 Å². The fraction of sp³-hybridized carbons (Fsp3) is 0.133. The first-order valence-electron chi connectivity index (χ1n) is 12.3. The summed E-state index contributed by atoms with van der Waals surface area (Å²) in [6.45, 7) is 0.589. The summed E-state index contributed by atoms with van der Waals surface area (Å²) in [6, 6.07) is 30.1. The summed E-state index contributed by atoms with van der Waals surface area (Å²) in [4.78, 5) is 27.0. The summed E-state index contributed by atoms with van der Waals surface area (Å²) >= 11 is 11.9. The molecule has 4 rings (SSSR count). The molecule has 0 unspecified atom stereocenters. The fourth-order valence-corrected chi connectivity index (χ4v) is 3.94. The van der Waals surface area contributed by atoms with E-state index in [-0.39, 0.29) is 18.5 Å². The van der Waals surface area contributed by atoms with Gasteiger partial charge in [0.05, 0.1) is 0 Å². The van der Waals surface area contributed by atoms with Gasteiger partial charge in [0.15, 0.2) is 6.61 Å².